The number of imidazole rings is 1. The summed E-state index contributed by atoms with van der Waals surface area (Å²) in [5, 5.41) is 25.8. The van der Waals surface area contributed by atoms with Gasteiger partial charge in [-0.15, -0.1) is 0 Å². The Kier molecular flexibility index (Phi) is 14.1. The number of thioether (sulfide) groups is 1. The van der Waals surface area contributed by atoms with Crippen molar-refractivity contribution in [2.24, 2.45) is 11.5 Å². The van der Waals surface area contributed by atoms with Crippen molar-refractivity contribution in [1.29, 1.82) is 0 Å². The van der Waals surface area contributed by atoms with E-state index in [0.717, 1.165) is 0 Å². The number of hydrogen-bond acceptors (Lipinski definition) is 9. The number of aromatic nitrogens is 2. The van der Waals surface area contributed by atoms with Gasteiger partial charge in [0.15, 0.2) is 0 Å². The first-order valence-electron chi connectivity index (χ1n) is 11.4. The van der Waals surface area contributed by atoms with Crippen LogP contribution in [0.15, 0.2) is 12.5 Å². The Hall–Kier alpha value is -3.17. The fourth-order valence-electron chi connectivity index (χ4n) is 3.19. The van der Waals surface area contributed by atoms with Crippen molar-refractivity contribution >= 4 is 41.4 Å². The number of unbranched alkanes of at least 4 members (excludes halogenated alkanes) is 1. The minimum Gasteiger partial charge on any atom is -0.481 e. The van der Waals surface area contributed by atoms with Gasteiger partial charge < -0.3 is 42.6 Å². The fraction of sp³-hybridized carbons (Fsp3) is 0.619. The molecule has 202 valence electrons. The maximum atomic E-state index is 12.9. The first-order chi connectivity index (χ1) is 17.1. The lowest BCUT2D eigenvalue weighted by atomic mass is 10.1. The molecule has 0 saturated heterocycles. The third kappa shape index (κ3) is 11.5. The van der Waals surface area contributed by atoms with Crippen LogP contribution in [-0.4, -0.2) is 92.6 Å². The molecule has 0 aliphatic heterocycles. The molecular formula is C21H35N7O7S. The maximum absolute atomic E-state index is 12.9. The normalized spacial score (nSPS) is 14.2. The minimum atomic E-state index is -1.51. The quantitative estimate of drug-likeness (QED) is 0.0983. The van der Waals surface area contributed by atoms with Gasteiger partial charge in [0.25, 0.3) is 0 Å². The highest BCUT2D eigenvalue weighted by molar-refractivity contribution is 7.98. The number of amides is 3. The molecule has 15 heteroatoms. The van der Waals surface area contributed by atoms with Crippen molar-refractivity contribution in [3.8, 4) is 0 Å². The van der Waals surface area contributed by atoms with Crippen LogP contribution in [0.25, 0.3) is 0 Å². The van der Waals surface area contributed by atoms with Gasteiger partial charge in [-0.3, -0.25) is 19.2 Å². The summed E-state index contributed by atoms with van der Waals surface area (Å²) in [5.41, 5.74) is 11.9. The molecule has 4 atom stereocenters. The number of hydrogen-bond donors (Lipinski definition) is 8. The molecule has 10 N–H and O–H groups in total. The van der Waals surface area contributed by atoms with Gasteiger partial charge in [0.2, 0.25) is 17.7 Å². The van der Waals surface area contributed by atoms with E-state index in [4.69, 9.17) is 11.5 Å². The zero-order valence-corrected chi connectivity index (χ0v) is 20.9. The highest BCUT2D eigenvalue weighted by Gasteiger charge is 2.31. The van der Waals surface area contributed by atoms with E-state index in [1.165, 1.54) is 24.3 Å². The molecule has 0 aliphatic rings. The highest BCUT2D eigenvalue weighted by atomic mass is 32.2. The first-order valence-corrected chi connectivity index (χ1v) is 12.8. The highest BCUT2D eigenvalue weighted by Crippen LogP contribution is 2.07. The average molecular weight is 530 g/mol. The summed E-state index contributed by atoms with van der Waals surface area (Å²) in [6.07, 6.45) is 5.39. The lowest BCUT2D eigenvalue weighted by Crippen LogP contribution is -2.57. The van der Waals surface area contributed by atoms with E-state index < -0.39 is 60.2 Å². The molecule has 3 amide bonds. The van der Waals surface area contributed by atoms with Crippen LogP contribution < -0.4 is 27.4 Å². The van der Waals surface area contributed by atoms with Crippen LogP contribution in [0.1, 0.15) is 37.8 Å². The van der Waals surface area contributed by atoms with Crippen molar-refractivity contribution in [1.82, 2.24) is 25.9 Å². The molecule has 1 aromatic rings. The second kappa shape index (κ2) is 16.5. The fourth-order valence-corrected chi connectivity index (χ4v) is 3.66. The number of aliphatic carboxylic acids is 2. The smallest absolute Gasteiger partial charge is 0.326 e. The minimum absolute atomic E-state index is 0.0761. The van der Waals surface area contributed by atoms with Crippen LogP contribution in [0.2, 0.25) is 0 Å². The Morgan fingerprint density at radius 2 is 1.64 bits per heavy atom. The van der Waals surface area contributed by atoms with E-state index >= 15 is 0 Å². The van der Waals surface area contributed by atoms with Crippen molar-refractivity contribution in [3.63, 3.8) is 0 Å². The number of carboxylic acids is 2. The van der Waals surface area contributed by atoms with Crippen molar-refractivity contribution in [2.75, 3.05) is 18.6 Å². The molecule has 4 unspecified atom stereocenters. The molecule has 0 bridgehead atoms. The van der Waals surface area contributed by atoms with Crippen LogP contribution in [-0.2, 0) is 30.4 Å². The molecule has 0 spiro atoms. The number of carbonyl (C=O) groups excluding carboxylic acids is 3. The third-order valence-electron chi connectivity index (χ3n) is 5.15. The number of aromatic amines is 1. The van der Waals surface area contributed by atoms with Gasteiger partial charge in [0, 0.05) is 18.3 Å². The summed E-state index contributed by atoms with van der Waals surface area (Å²) in [6, 6.07) is -4.91. The van der Waals surface area contributed by atoms with Crippen LogP contribution in [0.4, 0.5) is 0 Å². The van der Waals surface area contributed by atoms with Crippen molar-refractivity contribution in [2.45, 2.75) is 62.7 Å². The molecule has 0 radical (unpaired) electrons. The van der Waals surface area contributed by atoms with Gasteiger partial charge in [-0.05, 0) is 44.2 Å². The lowest BCUT2D eigenvalue weighted by molar-refractivity contribution is -0.143. The van der Waals surface area contributed by atoms with Gasteiger partial charge in [-0.25, -0.2) is 9.78 Å². The summed E-state index contributed by atoms with van der Waals surface area (Å²) in [5.74, 6) is -4.52. The predicted octanol–water partition coefficient (Wildman–Crippen LogP) is -1.82. The van der Waals surface area contributed by atoms with Gasteiger partial charge in [-0.1, -0.05) is 0 Å². The Morgan fingerprint density at radius 3 is 2.19 bits per heavy atom. The SMILES string of the molecule is CSCCC(NC(=O)C(CC(=O)O)NC(=O)C(N)Cc1cnc[nH]1)C(=O)NC(CCCCN)C(=O)O. The first kappa shape index (κ1) is 30.9. The molecule has 1 heterocycles. The van der Waals surface area contributed by atoms with E-state index in [1.54, 1.807) is 6.26 Å². The Labute approximate surface area is 212 Å². The second-order valence-corrected chi connectivity index (χ2v) is 9.06. The molecule has 0 aliphatic carbocycles. The Bertz CT molecular complexity index is 869. The number of H-pyrrole nitrogens is 1. The number of carbonyl (C=O) groups is 5. The van der Waals surface area contributed by atoms with E-state index in [-0.39, 0.29) is 19.3 Å². The zero-order valence-electron chi connectivity index (χ0n) is 20.1. The Balaban J connectivity index is 2.90. The van der Waals surface area contributed by atoms with Crippen molar-refractivity contribution < 1.29 is 34.2 Å². The summed E-state index contributed by atoms with van der Waals surface area (Å²) in [4.78, 5) is 67.7. The number of nitrogens with two attached hydrogens (primary N) is 2. The molecule has 0 aromatic carbocycles. The largest absolute Gasteiger partial charge is 0.481 e. The summed E-state index contributed by atoms with van der Waals surface area (Å²) in [7, 11) is 0. The molecule has 1 rings (SSSR count). The zero-order chi connectivity index (χ0) is 27.1. The van der Waals surface area contributed by atoms with E-state index in [9.17, 15) is 34.2 Å². The van der Waals surface area contributed by atoms with Crippen LogP contribution in [0, 0.1) is 0 Å². The van der Waals surface area contributed by atoms with Gasteiger partial charge in [0.1, 0.15) is 18.1 Å². The number of nitrogens with zero attached hydrogens (tertiary/aromatic N) is 1. The number of rotatable bonds is 18. The average Bonchev–Trinajstić information content (AvgIpc) is 3.33. The maximum Gasteiger partial charge on any atom is 0.326 e. The van der Waals surface area contributed by atoms with Crippen molar-refractivity contribution in [3.05, 3.63) is 18.2 Å². The van der Waals surface area contributed by atoms with Gasteiger partial charge in [0.05, 0.1) is 18.8 Å². The van der Waals surface area contributed by atoms with E-state index in [1.807, 2.05) is 0 Å². The predicted molar refractivity (Wildman–Crippen MR) is 132 cm³/mol. The summed E-state index contributed by atoms with van der Waals surface area (Å²) in [6.45, 7) is 0.384. The molecule has 1 aromatic heterocycles. The molecular weight excluding hydrogens is 494 g/mol. The Morgan fingerprint density at radius 1 is 1.00 bits per heavy atom. The molecule has 0 fully saturated rings. The number of carboxylic acid groups (broad SMARTS) is 2. The van der Waals surface area contributed by atoms with Crippen LogP contribution >= 0.6 is 11.8 Å². The van der Waals surface area contributed by atoms with Crippen LogP contribution in [0.3, 0.4) is 0 Å². The monoisotopic (exact) mass is 529 g/mol. The standard InChI is InChI=1S/C21H35N7O7S/c1-36-7-5-14(19(32)27-15(21(34)35)4-2-3-6-22)26-20(33)16(9-17(29)30)28-18(31)13(23)8-12-10-24-11-25-12/h10-11,13-16H,2-9,22-23H2,1H3,(H,24,25)(H,26,33)(H,27,32)(H,28,31)(H,29,30)(H,34,35). The van der Waals surface area contributed by atoms with Gasteiger partial charge in [-0.2, -0.15) is 11.8 Å². The summed E-state index contributed by atoms with van der Waals surface area (Å²) >= 11 is 1.40. The third-order valence-corrected chi connectivity index (χ3v) is 5.79. The molecule has 0 saturated carbocycles. The molecule has 14 nitrogen and oxygen atoms in total. The second-order valence-electron chi connectivity index (χ2n) is 8.07. The topological polar surface area (TPSA) is 243 Å². The molecule has 36 heavy (non-hydrogen) atoms. The van der Waals surface area contributed by atoms with E-state index in [0.29, 0.717) is 30.8 Å². The lowest BCUT2D eigenvalue weighted by Gasteiger charge is -2.24. The van der Waals surface area contributed by atoms with Gasteiger partial charge >= 0.3 is 11.9 Å². The van der Waals surface area contributed by atoms with Crippen LogP contribution in [0.5, 0.6) is 0 Å². The number of nitrogens with one attached hydrogen (secondary N) is 4. The van der Waals surface area contributed by atoms with E-state index in [2.05, 4.69) is 25.9 Å². The summed E-state index contributed by atoms with van der Waals surface area (Å²) < 4.78 is 0.